The number of halogens is 2. The van der Waals surface area contributed by atoms with Crippen molar-refractivity contribution < 1.29 is 51.0 Å². The van der Waals surface area contributed by atoms with Crippen molar-refractivity contribution >= 4 is 0 Å². The molecular weight excluding hydrogens is 414 g/mol. The first-order valence-electron chi connectivity index (χ1n) is 7.79. The van der Waals surface area contributed by atoms with Gasteiger partial charge in [-0.3, -0.25) is 0 Å². The van der Waals surface area contributed by atoms with Crippen molar-refractivity contribution in [3.63, 3.8) is 0 Å². The van der Waals surface area contributed by atoms with Crippen LogP contribution in [0.5, 0.6) is 0 Å². The van der Waals surface area contributed by atoms with Gasteiger partial charge in [-0.15, -0.1) is 6.08 Å². The molecule has 4 rings (SSSR count). The molecule has 0 aliphatic heterocycles. The Bertz CT molecular complexity index is 585. The summed E-state index contributed by atoms with van der Waals surface area (Å²) in [5.41, 5.74) is 3.00. The molecule has 0 aromatic heterocycles. The third kappa shape index (κ3) is 6.03. The van der Waals surface area contributed by atoms with Gasteiger partial charge in [-0.25, -0.2) is 30.2 Å². The topological polar surface area (TPSA) is 0 Å². The van der Waals surface area contributed by atoms with Gasteiger partial charge in [0.2, 0.25) is 0 Å². The van der Waals surface area contributed by atoms with Gasteiger partial charge in [-0.2, -0.15) is 18.2 Å². The van der Waals surface area contributed by atoms with Crippen LogP contribution in [0.25, 0.3) is 0 Å². The van der Waals surface area contributed by atoms with Gasteiger partial charge in [-0.05, 0) is 11.5 Å². The number of fused-ring (bicyclic) bond motifs is 1. The molecular formula is C21H22Cl2Zr. The van der Waals surface area contributed by atoms with E-state index in [2.05, 4.69) is 61.9 Å². The minimum absolute atomic E-state index is 0. The van der Waals surface area contributed by atoms with Gasteiger partial charge in [-0.1, -0.05) is 55.7 Å². The van der Waals surface area contributed by atoms with Gasteiger partial charge in [0.1, 0.15) is 0 Å². The van der Waals surface area contributed by atoms with Crippen LogP contribution in [0.2, 0.25) is 0 Å². The SMILES string of the molecule is CC1[CH-]C2=CC=CC(c3ccccc3)C2C1.[Cl-].[Cl-].[Zr+4].c1cc[cH-]c1. The minimum Gasteiger partial charge on any atom is -1.00 e. The summed E-state index contributed by atoms with van der Waals surface area (Å²) >= 11 is 0. The van der Waals surface area contributed by atoms with Crippen LogP contribution in [0.1, 0.15) is 24.8 Å². The monoisotopic (exact) mass is 434 g/mol. The van der Waals surface area contributed by atoms with Gasteiger partial charge >= 0.3 is 26.2 Å². The van der Waals surface area contributed by atoms with Gasteiger partial charge in [0.05, 0.1) is 0 Å². The van der Waals surface area contributed by atoms with Gasteiger partial charge in [0, 0.05) is 5.92 Å². The molecule has 0 heterocycles. The summed E-state index contributed by atoms with van der Waals surface area (Å²) in [6.45, 7) is 2.32. The predicted molar refractivity (Wildman–Crippen MR) is 90.0 cm³/mol. The third-order valence-corrected chi connectivity index (χ3v) is 4.31. The quantitative estimate of drug-likeness (QED) is 0.531. The summed E-state index contributed by atoms with van der Waals surface area (Å²) in [5, 5.41) is 0. The van der Waals surface area contributed by atoms with E-state index in [1.807, 2.05) is 30.3 Å². The Morgan fingerprint density at radius 1 is 0.958 bits per heavy atom. The molecule has 0 nitrogen and oxygen atoms in total. The molecule has 2 aromatic rings. The Morgan fingerprint density at radius 2 is 1.62 bits per heavy atom. The van der Waals surface area contributed by atoms with E-state index in [9.17, 15) is 0 Å². The fourth-order valence-electron chi connectivity index (χ4n) is 3.35. The summed E-state index contributed by atoms with van der Waals surface area (Å²) in [7, 11) is 0. The van der Waals surface area contributed by atoms with Crippen LogP contribution in [0, 0.1) is 18.3 Å². The summed E-state index contributed by atoms with van der Waals surface area (Å²) in [6.07, 6.45) is 10.6. The average molecular weight is 437 g/mol. The van der Waals surface area contributed by atoms with E-state index in [-0.39, 0.29) is 51.0 Å². The largest absolute Gasteiger partial charge is 4.00 e. The van der Waals surface area contributed by atoms with Crippen molar-refractivity contribution in [1.29, 1.82) is 0 Å². The van der Waals surface area contributed by atoms with Crippen LogP contribution in [-0.4, -0.2) is 0 Å². The van der Waals surface area contributed by atoms with E-state index in [1.54, 1.807) is 5.57 Å². The molecule has 0 N–H and O–H groups in total. The maximum Gasteiger partial charge on any atom is 4.00 e. The first kappa shape index (κ1) is 23.4. The first-order valence-corrected chi connectivity index (χ1v) is 7.79. The molecule has 0 saturated heterocycles. The number of allylic oxidation sites excluding steroid dienone is 4. The molecule has 0 bridgehead atoms. The molecule has 2 aromatic carbocycles. The molecule has 2 aliphatic rings. The van der Waals surface area contributed by atoms with Crippen LogP contribution >= 0.6 is 0 Å². The van der Waals surface area contributed by atoms with E-state index in [1.165, 1.54) is 12.0 Å². The van der Waals surface area contributed by atoms with Crippen molar-refractivity contribution in [3.8, 4) is 0 Å². The fourth-order valence-corrected chi connectivity index (χ4v) is 3.35. The Morgan fingerprint density at radius 3 is 2.21 bits per heavy atom. The van der Waals surface area contributed by atoms with E-state index in [0.717, 1.165) is 5.92 Å². The molecule has 3 heteroatoms. The Balaban J connectivity index is 0.000000578. The zero-order chi connectivity index (χ0) is 14.5. The second-order valence-corrected chi connectivity index (χ2v) is 5.94. The molecule has 24 heavy (non-hydrogen) atoms. The smallest absolute Gasteiger partial charge is 1.00 e. The molecule has 0 amide bonds. The van der Waals surface area contributed by atoms with Gasteiger partial charge < -0.3 is 24.8 Å². The predicted octanol–water partition coefficient (Wildman–Crippen LogP) is -0.462. The van der Waals surface area contributed by atoms with Crippen molar-refractivity contribution in [3.05, 3.63) is 96.4 Å². The maximum atomic E-state index is 2.43. The van der Waals surface area contributed by atoms with E-state index < -0.39 is 0 Å². The minimum atomic E-state index is 0. The van der Waals surface area contributed by atoms with Gasteiger partial charge in [0.25, 0.3) is 0 Å². The zero-order valence-electron chi connectivity index (χ0n) is 13.8. The number of rotatable bonds is 1. The Kier molecular flexibility index (Phi) is 11.5. The molecule has 1 fully saturated rings. The summed E-state index contributed by atoms with van der Waals surface area (Å²) < 4.78 is 0. The molecule has 124 valence electrons. The summed E-state index contributed by atoms with van der Waals surface area (Å²) in [5.74, 6) is 2.03. The van der Waals surface area contributed by atoms with Gasteiger partial charge in [0.15, 0.2) is 0 Å². The van der Waals surface area contributed by atoms with Crippen molar-refractivity contribution in [1.82, 2.24) is 0 Å². The summed E-state index contributed by atoms with van der Waals surface area (Å²) in [6, 6.07) is 20.9. The van der Waals surface area contributed by atoms with Crippen LogP contribution in [-0.2, 0) is 26.2 Å². The fraction of sp³-hybridized carbons (Fsp3) is 0.238. The van der Waals surface area contributed by atoms with Crippen LogP contribution in [0.3, 0.4) is 0 Å². The average Bonchev–Trinajstić information content (AvgIpc) is 3.19. The van der Waals surface area contributed by atoms with E-state index in [4.69, 9.17) is 0 Å². The standard InChI is InChI=1S/C16H17.C5H5.2ClH.Zr/c1-12-10-14-8-5-9-15(16(14)11-12)13-6-3-2-4-7-13;1-2-4-5-3-1;;;/h2-10,12,15-16H,11H2,1H3;1-5H;2*1H;/q2*-1;;;+4/p-2. The molecule has 1 saturated carbocycles. The van der Waals surface area contributed by atoms with Crippen LogP contribution in [0.15, 0.2) is 84.5 Å². The normalized spacial score (nSPS) is 22.9. The van der Waals surface area contributed by atoms with E-state index >= 15 is 0 Å². The molecule has 0 spiro atoms. The molecule has 0 radical (unpaired) electrons. The Hall–Kier alpha value is -0.617. The van der Waals surface area contributed by atoms with Crippen molar-refractivity contribution in [2.45, 2.75) is 19.3 Å². The van der Waals surface area contributed by atoms with E-state index in [0.29, 0.717) is 11.8 Å². The molecule has 2 aliphatic carbocycles. The maximum absolute atomic E-state index is 2.43. The second-order valence-electron chi connectivity index (χ2n) is 5.94. The Labute approximate surface area is 177 Å². The molecule has 3 unspecified atom stereocenters. The van der Waals surface area contributed by atoms with Crippen molar-refractivity contribution in [2.24, 2.45) is 11.8 Å². The molecule has 3 atom stereocenters. The summed E-state index contributed by atoms with van der Waals surface area (Å²) in [4.78, 5) is 0. The van der Waals surface area contributed by atoms with Crippen LogP contribution in [0.4, 0.5) is 0 Å². The second kappa shape index (κ2) is 11.9. The number of hydrogen-bond acceptors (Lipinski definition) is 0. The van der Waals surface area contributed by atoms with Crippen LogP contribution < -0.4 is 24.8 Å². The first-order chi connectivity index (χ1) is 10.3. The number of benzene rings is 1. The van der Waals surface area contributed by atoms with Crippen molar-refractivity contribution in [2.75, 3.05) is 0 Å². The zero-order valence-corrected chi connectivity index (χ0v) is 17.7. The number of hydrogen-bond donors (Lipinski definition) is 0. The third-order valence-electron chi connectivity index (χ3n) is 4.31.